The van der Waals surface area contributed by atoms with Crippen LogP contribution >= 0.6 is 0 Å². The van der Waals surface area contributed by atoms with E-state index in [1.54, 1.807) is 11.5 Å². The lowest BCUT2D eigenvalue weighted by Crippen LogP contribution is -2.49. The molecule has 2 heterocycles. The van der Waals surface area contributed by atoms with Crippen LogP contribution in [0.1, 0.15) is 47.7 Å². The molecule has 1 aromatic carbocycles. The molecule has 2 fully saturated rings. The van der Waals surface area contributed by atoms with Crippen LogP contribution in [0.25, 0.3) is 0 Å². The summed E-state index contributed by atoms with van der Waals surface area (Å²) in [6, 6.07) is 3.29. The van der Waals surface area contributed by atoms with Crippen LogP contribution < -0.4 is 5.48 Å². The van der Waals surface area contributed by atoms with E-state index in [0.717, 1.165) is 30.0 Å². The lowest BCUT2D eigenvalue weighted by Gasteiger charge is -2.40. The van der Waals surface area contributed by atoms with Crippen LogP contribution in [0.4, 0.5) is 4.39 Å². The number of benzene rings is 1. The van der Waals surface area contributed by atoms with Gasteiger partial charge in [0.15, 0.2) is 0 Å². The van der Waals surface area contributed by atoms with E-state index >= 15 is 0 Å². The van der Waals surface area contributed by atoms with Crippen molar-refractivity contribution in [2.75, 3.05) is 20.1 Å². The minimum absolute atomic E-state index is 0.175. The van der Waals surface area contributed by atoms with Crippen molar-refractivity contribution >= 4 is 5.91 Å². The highest BCUT2D eigenvalue weighted by Crippen LogP contribution is 2.55. The van der Waals surface area contributed by atoms with E-state index in [2.05, 4.69) is 23.8 Å². The summed E-state index contributed by atoms with van der Waals surface area (Å²) in [6.07, 6.45) is 4.23. The molecule has 1 saturated carbocycles. The summed E-state index contributed by atoms with van der Waals surface area (Å²) in [7, 11) is 2.22. The monoisotopic (exact) mass is 347 g/mol. The first-order valence-electron chi connectivity index (χ1n) is 9.19. The summed E-state index contributed by atoms with van der Waals surface area (Å²) in [5, 5.41) is 8.84. The third-order valence-corrected chi connectivity index (χ3v) is 6.70. The van der Waals surface area contributed by atoms with E-state index in [1.807, 2.05) is 0 Å². The number of hydrogen-bond donors (Lipinski definition) is 2. The third kappa shape index (κ3) is 2.67. The third-order valence-electron chi connectivity index (χ3n) is 6.70. The first kappa shape index (κ1) is 16.9. The van der Waals surface area contributed by atoms with Gasteiger partial charge >= 0.3 is 0 Å². The van der Waals surface area contributed by atoms with Crippen LogP contribution in [-0.4, -0.2) is 52.6 Å². The number of piperidine rings is 1. The minimum atomic E-state index is -0.665. The lowest BCUT2D eigenvalue weighted by atomic mass is 9.90. The molecule has 3 aliphatic rings. The van der Waals surface area contributed by atoms with Crippen LogP contribution in [0.3, 0.4) is 0 Å². The van der Waals surface area contributed by atoms with Crippen molar-refractivity contribution in [2.45, 2.75) is 50.7 Å². The molecule has 5 nitrogen and oxygen atoms in total. The number of nitrogens with zero attached hydrogens (tertiary/aromatic N) is 2. The maximum absolute atomic E-state index is 14.5. The van der Waals surface area contributed by atoms with Crippen LogP contribution in [0.15, 0.2) is 12.1 Å². The molecule has 3 atom stereocenters. The standard InChI is InChI=1S/C19H26FN3O2/c1-3-15-8-16-13(6-12(7-17(16)20)18(24)21-25)10-23(15)11-19-9-14(19)4-5-22(19)2/h6-7,14-15,25H,3-5,8-11H2,1-2H3,(H,21,24)/t14?,15-,19?/m1/s1. The molecule has 2 aliphatic heterocycles. The Morgan fingerprint density at radius 3 is 2.88 bits per heavy atom. The quantitative estimate of drug-likeness (QED) is 0.647. The Kier molecular flexibility index (Phi) is 4.09. The van der Waals surface area contributed by atoms with Gasteiger partial charge in [0.25, 0.3) is 5.91 Å². The van der Waals surface area contributed by atoms with Crippen LogP contribution in [0, 0.1) is 11.7 Å². The first-order chi connectivity index (χ1) is 12.0. The van der Waals surface area contributed by atoms with Gasteiger partial charge in [0, 0.05) is 30.2 Å². The Hall–Kier alpha value is -1.50. The van der Waals surface area contributed by atoms with Gasteiger partial charge in [0.1, 0.15) is 5.82 Å². The zero-order valence-corrected chi connectivity index (χ0v) is 14.9. The van der Waals surface area contributed by atoms with Gasteiger partial charge in [-0.05, 0) is 68.5 Å². The number of carbonyl (C=O) groups is 1. The van der Waals surface area contributed by atoms with Crippen molar-refractivity contribution in [3.05, 3.63) is 34.6 Å². The van der Waals surface area contributed by atoms with Crippen LogP contribution in [0.2, 0.25) is 0 Å². The van der Waals surface area contributed by atoms with Gasteiger partial charge in [-0.2, -0.15) is 0 Å². The lowest BCUT2D eigenvalue weighted by molar-refractivity contribution is 0.0704. The molecular weight excluding hydrogens is 321 g/mol. The molecule has 0 aromatic heterocycles. The predicted octanol–water partition coefficient (Wildman–Crippen LogP) is 2.18. The van der Waals surface area contributed by atoms with Crippen LogP contribution in [0.5, 0.6) is 0 Å². The molecular formula is C19H26FN3O2. The van der Waals surface area contributed by atoms with Gasteiger partial charge in [-0.25, -0.2) is 9.87 Å². The molecule has 0 spiro atoms. The molecule has 25 heavy (non-hydrogen) atoms. The second-order valence-corrected chi connectivity index (χ2v) is 7.92. The molecule has 2 unspecified atom stereocenters. The summed E-state index contributed by atoms with van der Waals surface area (Å²) < 4.78 is 14.5. The zero-order valence-electron chi connectivity index (χ0n) is 14.9. The fourth-order valence-corrected chi connectivity index (χ4v) is 5.00. The van der Waals surface area contributed by atoms with E-state index in [4.69, 9.17) is 5.21 Å². The average Bonchev–Trinajstić information content (AvgIpc) is 3.24. The molecule has 0 bridgehead atoms. The molecule has 136 valence electrons. The summed E-state index contributed by atoms with van der Waals surface area (Å²) in [6.45, 7) is 5.01. The Balaban J connectivity index is 1.61. The zero-order chi connectivity index (χ0) is 17.8. The van der Waals surface area contributed by atoms with E-state index in [-0.39, 0.29) is 11.4 Å². The van der Waals surface area contributed by atoms with Gasteiger partial charge in [0.2, 0.25) is 0 Å². The number of nitrogens with one attached hydrogen (secondary N) is 1. The second-order valence-electron chi connectivity index (χ2n) is 7.92. The molecule has 1 aliphatic carbocycles. The number of likely N-dealkylation sites (tertiary alicyclic amines) is 1. The number of fused-ring (bicyclic) bond motifs is 2. The summed E-state index contributed by atoms with van der Waals surface area (Å²) in [4.78, 5) is 16.7. The summed E-state index contributed by atoms with van der Waals surface area (Å²) in [5.41, 5.74) is 3.68. The van der Waals surface area contributed by atoms with Crippen molar-refractivity contribution in [1.82, 2.24) is 15.3 Å². The normalized spacial score (nSPS) is 31.5. The van der Waals surface area contributed by atoms with Crippen molar-refractivity contribution in [3.63, 3.8) is 0 Å². The topological polar surface area (TPSA) is 55.8 Å². The van der Waals surface area contributed by atoms with E-state index < -0.39 is 5.91 Å². The Bertz CT molecular complexity index is 710. The summed E-state index contributed by atoms with van der Waals surface area (Å²) >= 11 is 0. The minimum Gasteiger partial charge on any atom is -0.299 e. The van der Waals surface area contributed by atoms with Gasteiger partial charge in [-0.3, -0.25) is 19.8 Å². The number of hydrogen-bond acceptors (Lipinski definition) is 4. The highest BCUT2D eigenvalue weighted by molar-refractivity contribution is 5.93. The highest BCUT2D eigenvalue weighted by Gasteiger charge is 2.61. The maximum Gasteiger partial charge on any atom is 0.274 e. The fraction of sp³-hybridized carbons (Fsp3) is 0.632. The SMILES string of the molecule is CC[C@@H]1Cc2c(F)cc(C(=O)NO)cc2CN1CC12CC1CCN2C. The Labute approximate surface area is 147 Å². The average molecular weight is 347 g/mol. The van der Waals surface area contributed by atoms with Gasteiger partial charge in [-0.15, -0.1) is 0 Å². The smallest absolute Gasteiger partial charge is 0.274 e. The van der Waals surface area contributed by atoms with Crippen LogP contribution in [-0.2, 0) is 13.0 Å². The van der Waals surface area contributed by atoms with E-state index in [1.165, 1.54) is 25.5 Å². The largest absolute Gasteiger partial charge is 0.299 e. The van der Waals surface area contributed by atoms with Gasteiger partial charge < -0.3 is 0 Å². The number of halogens is 1. The summed E-state index contributed by atoms with van der Waals surface area (Å²) in [5.74, 6) is -0.198. The molecule has 4 rings (SSSR count). The van der Waals surface area contributed by atoms with E-state index in [0.29, 0.717) is 24.5 Å². The fourth-order valence-electron chi connectivity index (χ4n) is 5.00. The Morgan fingerprint density at radius 1 is 1.48 bits per heavy atom. The number of carbonyl (C=O) groups excluding carboxylic acids is 1. The maximum atomic E-state index is 14.5. The molecule has 1 amide bonds. The number of amides is 1. The Morgan fingerprint density at radius 2 is 2.28 bits per heavy atom. The number of likely N-dealkylation sites (N-methyl/N-ethyl adjacent to an activating group) is 1. The molecule has 6 heteroatoms. The molecule has 0 radical (unpaired) electrons. The highest BCUT2D eigenvalue weighted by atomic mass is 19.1. The van der Waals surface area contributed by atoms with Crippen molar-refractivity contribution < 1.29 is 14.4 Å². The van der Waals surface area contributed by atoms with Crippen molar-refractivity contribution in [2.24, 2.45) is 5.92 Å². The molecule has 1 saturated heterocycles. The van der Waals surface area contributed by atoms with Gasteiger partial charge in [-0.1, -0.05) is 6.92 Å². The van der Waals surface area contributed by atoms with Crippen molar-refractivity contribution in [3.8, 4) is 0 Å². The molecule has 1 aromatic rings. The van der Waals surface area contributed by atoms with E-state index in [9.17, 15) is 9.18 Å². The van der Waals surface area contributed by atoms with Gasteiger partial charge in [0.05, 0.1) is 0 Å². The first-order valence-corrected chi connectivity index (χ1v) is 9.19. The van der Waals surface area contributed by atoms with Crippen molar-refractivity contribution in [1.29, 1.82) is 0 Å². The second kappa shape index (κ2) is 6.04. The molecule has 2 N–H and O–H groups in total. The number of rotatable bonds is 4. The number of hydroxylamine groups is 1. The predicted molar refractivity (Wildman–Crippen MR) is 91.9 cm³/mol.